The molecule has 9 nitrogen and oxygen atoms in total. The smallest absolute Gasteiger partial charge is 0.233 e. The molecule has 4 heterocycles. The molecule has 122 valence electrons. The van der Waals surface area contributed by atoms with Crippen LogP contribution in [0.5, 0.6) is 0 Å². The van der Waals surface area contributed by atoms with E-state index < -0.39 is 0 Å². The number of nitrogens with zero attached hydrogens (tertiary/aromatic N) is 6. The minimum Gasteiger partial charge on any atom is -0.355 e. The van der Waals surface area contributed by atoms with Crippen LogP contribution in [0.15, 0.2) is 41.4 Å². The van der Waals surface area contributed by atoms with Crippen LogP contribution in [0.25, 0.3) is 5.82 Å². The molecule has 4 rings (SSSR count). The van der Waals surface area contributed by atoms with Gasteiger partial charge < -0.3 is 9.42 Å². The standard InChI is InChI=1S/C15H15N7O2/c1-10-5-14(24-20-10)19-15(23)11-7-21(8-11)12-6-13(17-9-16-12)22-4-2-3-18-22/h2-6,9,11H,7-8H2,1H3,(H,19,23). The number of amides is 1. The Kier molecular flexibility index (Phi) is 3.45. The molecule has 0 atom stereocenters. The van der Waals surface area contributed by atoms with Gasteiger partial charge in [0.25, 0.3) is 0 Å². The van der Waals surface area contributed by atoms with Gasteiger partial charge in [0.05, 0.1) is 11.6 Å². The first-order valence-electron chi connectivity index (χ1n) is 7.50. The molecule has 24 heavy (non-hydrogen) atoms. The predicted octanol–water partition coefficient (Wildman–Crippen LogP) is 1.03. The number of hydrogen-bond acceptors (Lipinski definition) is 7. The molecule has 1 fully saturated rings. The maximum absolute atomic E-state index is 12.2. The van der Waals surface area contributed by atoms with Crippen molar-refractivity contribution in [1.29, 1.82) is 0 Å². The van der Waals surface area contributed by atoms with Gasteiger partial charge in [0.15, 0.2) is 5.82 Å². The highest BCUT2D eigenvalue weighted by Gasteiger charge is 2.34. The number of aromatic nitrogens is 5. The highest BCUT2D eigenvalue weighted by molar-refractivity contribution is 5.93. The minimum absolute atomic E-state index is 0.0799. The zero-order valence-corrected chi connectivity index (χ0v) is 13.0. The third kappa shape index (κ3) is 2.71. The number of rotatable bonds is 4. The zero-order valence-electron chi connectivity index (χ0n) is 13.0. The summed E-state index contributed by atoms with van der Waals surface area (Å²) in [5.74, 6) is 1.64. The quantitative estimate of drug-likeness (QED) is 0.764. The molecule has 3 aromatic heterocycles. The van der Waals surface area contributed by atoms with Gasteiger partial charge in [-0.15, -0.1) is 0 Å². The van der Waals surface area contributed by atoms with Gasteiger partial charge in [0.2, 0.25) is 11.8 Å². The summed E-state index contributed by atoms with van der Waals surface area (Å²) in [5, 5.41) is 10.6. The van der Waals surface area contributed by atoms with Gasteiger partial charge in [-0.25, -0.2) is 14.6 Å². The van der Waals surface area contributed by atoms with Crippen LogP contribution in [0.4, 0.5) is 11.7 Å². The third-order valence-corrected chi connectivity index (χ3v) is 3.83. The Hall–Kier alpha value is -3.23. The summed E-state index contributed by atoms with van der Waals surface area (Å²) in [4.78, 5) is 22.6. The van der Waals surface area contributed by atoms with E-state index in [0.717, 1.165) is 11.5 Å². The van der Waals surface area contributed by atoms with Crippen LogP contribution in [0, 0.1) is 12.8 Å². The van der Waals surface area contributed by atoms with Gasteiger partial charge in [-0.05, 0) is 13.0 Å². The van der Waals surface area contributed by atoms with E-state index >= 15 is 0 Å². The molecule has 9 heteroatoms. The average molecular weight is 325 g/mol. The molecule has 0 aromatic carbocycles. The summed E-state index contributed by atoms with van der Waals surface area (Å²) < 4.78 is 6.66. The van der Waals surface area contributed by atoms with Crippen molar-refractivity contribution in [1.82, 2.24) is 24.9 Å². The number of anilines is 2. The molecule has 1 amide bonds. The van der Waals surface area contributed by atoms with Crippen LogP contribution < -0.4 is 10.2 Å². The Bertz CT molecular complexity index is 852. The summed E-state index contributed by atoms with van der Waals surface area (Å²) in [6, 6.07) is 5.37. The van der Waals surface area contributed by atoms with Crippen LogP contribution in [0.3, 0.4) is 0 Å². The van der Waals surface area contributed by atoms with E-state index in [4.69, 9.17) is 4.52 Å². The molecule has 1 aliphatic heterocycles. The van der Waals surface area contributed by atoms with Gasteiger partial charge in [-0.3, -0.25) is 10.1 Å². The maximum atomic E-state index is 12.2. The van der Waals surface area contributed by atoms with Gasteiger partial charge in [-0.1, -0.05) is 5.16 Å². The summed E-state index contributed by atoms with van der Waals surface area (Å²) >= 11 is 0. The van der Waals surface area contributed by atoms with Crippen molar-refractivity contribution in [3.63, 3.8) is 0 Å². The lowest BCUT2D eigenvalue weighted by Crippen LogP contribution is -2.52. The summed E-state index contributed by atoms with van der Waals surface area (Å²) in [6.07, 6.45) is 5.01. The molecule has 0 saturated carbocycles. The van der Waals surface area contributed by atoms with Crippen molar-refractivity contribution >= 4 is 17.6 Å². The maximum Gasteiger partial charge on any atom is 0.233 e. The van der Waals surface area contributed by atoms with Crippen LogP contribution in [-0.4, -0.2) is 43.9 Å². The first-order chi connectivity index (χ1) is 11.7. The van der Waals surface area contributed by atoms with Crippen molar-refractivity contribution in [3.8, 4) is 5.82 Å². The average Bonchev–Trinajstić information content (AvgIpc) is 3.18. The highest BCUT2D eigenvalue weighted by Crippen LogP contribution is 2.24. The minimum atomic E-state index is -0.112. The third-order valence-electron chi connectivity index (χ3n) is 3.83. The van der Waals surface area contributed by atoms with E-state index in [2.05, 4.69) is 25.5 Å². The van der Waals surface area contributed by atoms with Gasteiger partial charge in [-0.2, -0.15) is 5.10 Å². The first-order valence-corrected chi connectivity index (χ1v) is 7.50. The number of hydrogen-bond donors (Lipinski definition) is 1. The molecule has 3 aromatic rings. The molecular weight excluding hydrogens is 310 g/mol. The van der Waals surface area contributed by atoms with Crippen LogP contribution in [0.1, 0.15) is 5.69 Å². The van der Waals surface area contributed by atoms with Gasteiger partial charge >= 0.3 is 0 Å². The van der Waals surface area contributed by atoms with Gasteiger partial charge in [0.1, 0.15) is 12.1 Å². The first kappa shape index (κ1) is 14.4. The Balaban J connectivity index is 1.39. The van der Waals surface area contributed by atoms with E-state index in [1.165, 1.54) is 6.33 Å². The SMILES string of the molecule is Cc1cc(NC(=O)C2CN(c3cc(-n4cccn4)ncn3)C2)on1. The van der Waals surface area contributed by atoms with Crippen molar-refractivity contribution < 1.29 is 9.32 Å². The molecule has 0 aliphatic carbocycles. The molecule has 0 radical (unpaired) electrons. The lowest BCUT2D eigenvalue weighted by atomic mass is 9.99. The number of nitrogens with one attached hydrogen (secondary N) is 1. The van der Waals surface area contributed by atoms with Crippen molar-refractivity contribution in [3.05, 3.63) is 42.6 Å². The van der Waals surface area contributed by atoms with Crippen LogP contribution >= 0.6 is 0 Å². The number of aryl methyl sites for hydroxylation is 1. The molecule has 1 aliphatic rings. The van der Waals surface area contributed by atoms with Crippen molar-refractivity contribution in [2.24, 2.45) is 5.92 Å². The van der Waals surface area contributed by atoms with Crippen molar-refractivity contribution in [2.45, 2.75) is 6.92 Å². The van der Waals surface area contributed by atoms with E-state index in [0.29, 0.717) is 24.8 Å². The molecule has 1 N–H and O–H groups in total. The Labute approximate surface area is 137 Å². The summed E-state index contributed by atoms with van der Waals surface area (Å²) in [7, 11) is 0. The number of carbonyl (C=O) groups excluding carboxylic acids is 1. The lowest BCUT2D eigenvalue weighted by Gasteiger charge is -2.38. The molecule has 0 unspecified atom stereocenters. The summed E-state index contributed by atoms with van der Waals surface area (Å²) in [5.41, 5.74) is 0.729. The monoisotopic (exact) mass is 325 g/mol. The van der Waals surface area contributed by atoms with Gasteiger partial charge in [0, 0.05) is 37.6 Å². The second-order valence-electron chi connectivity index (χ2n) is 5.61. The van der Waals surface area contributed by atoms with E-state index in [1.54, 1.807) is 23.9 Å². The normalized spacial score (nSPS) is 14.5. The zero-order chi connectivity index (χ0) is 16.5. The fourth-order valence-corrected chi connectivity index (χ4v) is 2.52. The highest BCUT2D eigenvalue weighted by atomic mass is 16.5. The van der Waals surface area contributed by atoms with Crippen LogP contribution in [0.2, 0.25) is 0 Å². The molecule has 1 saturated heterocycles. The van der Waals surface area contributed by atoms with E-state index in [1.807, 2.05) is 23.2 Å². The summed E-state index contributed by atoms with van der Waals surface area (Å²) in [6.45, 7) is 2.99. The number of carbonyl (C=O) groups is 1. The second kappa shape index (κ2) is 5.76. The topological polar surface area (TPSA) is 102 Å². The fraction of sp³-hybridized carbons (Fsp3) is 0.267. The lowest BCUT2D eigenvalue weighted by molar-refractivity contribution is -0.120. The Morgan fingerprint density at radius 1 is 1.29 bits per heavy atom. The van der Waals surface area contributed by atoms with E-state index in [9.17, 15) is 4.79 Å². The largest absolute Gasteiger partial charge is 0.355 e. The predicted molar refractivity (Wildman–Crippen MR) is 84.7 cm³/mol. The van der Waals surface area contributed by atoms with Crippen LogP contribution in [-0.2, 0) is 4.79 Å². The Morgan fingerprint density at radius 3 is 2.83 bits per heavy atom. The molecule has 0 spiro atoms. The second-order valence-corrected chi connectivity index (χ2v) is 5.61. The van der Waals surface area contributed by atoms with E-state index in [-0.39, 0.29) is 11.8 Å². The Morgan fingerprint density at radius 2 is 2.12 bits per heavy atom. The fourth-order valence-electron chi connectivity index (χ4n) is 2.52. The van der Waals surface area contributed by atoms with Crippen molar-refractivity contribution in [2.75, 3.05) is 23.3 Å². The molecular formula is C15H15N7O2. The molecule has 0 bridgehead atoms.